The summed E-state index contributed by atoms with van der Waals surface area (Å²) in [6.45, 7) is 1.76. The van der Waals surface area contributed by atoms with Crippen LogP contribution in [0.25, 0.3) is 16.7 Å². The molecule has 2 aromatic heterocycles. The van der Waals surface area contributed by atoms with E-state index in [1.165, 1.54) is 6.33 Å². The number of ether oxygens (including phenoxy) is 1. The summed E-state index contributed by atoms with van der Waals surface area (Å²) in [7, 11) is 0. The number of hydrogen-bond acceptors (Lipinski definition) is 5. The first-order valence-corrected chi connectivity index (χ1v) is 6.19. The van der Waals surface area contributed by atoms with Gasteiger partial charge in [-0.1, -0.05) is 12.1 Å². The van der Waals surface area contributed by atoms with Gasteiger partial charge in [0, 0.05) is 0 Å². The number of hydrogen-bond donors (Lipinski definition) is 0. The van der Waals surface area contributed by atoms with Gasteiger partial charge < -0.3 is 4.74 Å². The number of carbonyl (C=O) groups excluding carboxylic acids is 1. The molecule has 0 aliphatic heterocycles. The van der Waals surface area contributed by atoms with Crippen LogP contribution in [0.15, 0.2) is 35.4 Å². The average molecular weight is 272 g/mol. The number of aromatic nitrogens is 4. The van der Waals surface area contributed by atoms with E-state index in [0.29, 0.717) is 5.52 Å². The van der Waals surface area contributed by atoms with Gasteiger partial charge >= 0.3 is 11.5 Å². The van der Waals surface area contributed by atoms with Crippen molar-refractivity contribution in [1.82, 2.24) is 19.2 Å². The predicted molar refractivity (Wildman–Crippen MR) is 71.4 cm³/mol. The third kappa shape index (κ3) is 1.93. The first-order chi connectivity index (χ1) is 9.70. The Hall–Kier alpha value is -2.70. The highest BCUT2D eigenvalue weighted by Crippen LogP contribution is 2.12. The van der Waals surface area contributed by atoms with Gasteiger partial charge in [-0.25, -0.2) is 9.67 Å². The molecule has 20 heavy (non-hydrogen) atoms. The molecular weight excluding hydrogens is 260 g/mol. The van der Waals surface area contributed by atoms with Gasteiger partial charge in [0.1, 0.15) is 12.9 Å². The highest BCUT2D eigenvalue weighted by molar-refractivity contribution is 5.79. The van der Waals surface area contributed by atoms with Crippen molar-refractivity contribution >= 4 is 22.6 Å². The maximum Gasteiger partial charge on any atom is 0.327 e. The number of para-hydroxylation sites is 2. The molecule has 0 atom stereocenters. The molecule has 0 saturated carbocycles. The second-order valence-corrected chi connectivity index (χ2v) is 4.19. The Bertz CT molecular complexity index is 850. The van der Waals surface area contributed by atoms with Crippen molar-refractivity contribution < 1.29 is 9.53 Å². The van der Waals surface area contributed by atoms with Crippen molar-refractivity contribution in [3.05, 3.63) is 40.9 Å². The maximum absolute atomic E-state index is 12.2. The zero-order valence-corrected chi connectivity index (χ0v) is 10.8. The molecule has 7 nitrogen and oxygen atoms in total. The summed E-state index contributed by atoms with van der Waals surface area (Å²) in [6, 6.07) is 7.38. The SMILES string of the molecule is CCOC(=O)Cn1ncn2c(nc3ccccc32)c1=O. The molecule has 2 heterocycles. The molecule has 0 aliphatic carbocycles. The van der Waals surface area contributed by atoms with Crippen LogP contribution in [0.4, 0.5) is 0 Å². The maximum atomic E-state index is 12.2. The number of carbonyl (C=O) groups is 1. The van der Waals surface area contributed by atoms with E-state index < -0.39 is 11.5 Å². The summed E-state index contributed by atoms with van der Waals surface area (Å²) < 4.78 is 7.47. The number of fused-ring (bicyclic) bond motifs is 3. The van der Waals surface area contributed by atoms with Gasteiger partial charge in [0.25, 0.3) is 0 Å². The van der Waals surface area contributed by atoms with Gasteiger partial charge in [-0.2, -0.15) is 5.10 Å². The molecule has 0 N–H and O–H groups in total. The third-order valence-corrected chi connectivity index (χ3v) is 2.91. The number of imidazole rings is 1. The topological polar surface area (TPSA) is 78.5 Å². The molecule has 102 valence electrons. The van der Waals surface area contributed by atoms with E-state index >= 15 is 0 Å². The molecule has 7 heteroatoms. The number of benzene rings is 1. The molecule has 0 fully saturated rings. The van der Waals surface area contributed by atoms with Gasteiger partial charge in [-0.3, -0.25) is 14.0 Å². The Morgan fingerprint density at radius 3 is 2.95 bits per heavy atom. The van der Waals surface area contributed by atoms with E-state index in [9.17, 15) is 9.59 Å². The lowest BCUT2D eigenvalue weighted by Crippen LogP contribution is -2.29. The fourth-order valence-electron chi connectivity index (χ4n) is 2.04. The molecule has 0 spiro atoms. The number of esters is 1. The van der Waals surface area contributed by atoms with Crippen molar-refractivity contribution in [1.29, 1.82) is 0 Å². The summed E-state index contributed by atoms with van der Waals surface area (Å²) in [5, 5.41) is 3.98. The molecule has 0 aliphatic rings. The van der Waals surface area contributed by atoms with Gasteiger partial charge in [-0.05, 0) is 19.1 Å². The third-order valence-electron chi connectivity index (χ3n) is 2.91. The highest BCUT2D eigenvalue weighted by Gasteiger charge is 2.12. The van der Waals surface area contributed by atoms with Crippen molar-refractivity contribution in [3.63, 3.8) is 0 Å². The summed E-state index contributed by atoms with van der Waals surface area (Å²) in [5.41, 5.74) is 1.33. The fraction of sp³-hybridized carbons (Fsp3) is 0.231. The van der Waals surface area contributed by atoms with E-state index in [1.54, 1.807) is 11.3 Å². The Kier molecular flexibility index (Phi) is 2.94. The van der Waals surface area contributed by atoms with Crippen LogP contribution in [0.5, 0.6) is 0 Å². The van der Waals surface area contributed by atoms with Crippen molar-refractivity contribution in [2.75, 3.05) is 6.61 Å². The Morgan fingerprint density at radius 2 is 2.15 bits per heavy atom. The van der Waals surface area contributed by atoms with E-state index in [1.807, 2.05) is 24.3 Å². The molecular formula is C13H12N4O3. The molecule has 0 amide bonds. The van der Waals surface area contributed by atoms with Gasteiger partial charge in [0.2, 0.25) is 5.65 Å². The molecule has 3 rings (SSSR count). The molecule has 0 bridgehead atoms. The van der Waals surface area contributed by atoms with Crippen molar-refractivity contribution in [3.8, 4) is 0 Å². The fourth-order valence-corrected chi connectivity index (χ4v) is 2.04. The van der Waals surface area contributed by atoms with Gasteiger partial charge in [0.05, 0.1) is 17.6 Å². The van der Waals surface area contributed by atoms with Crippen LogP contribution in [0, 0.1) is 0 Å². The van der Waals surface area contributed by atoms with Crippen LogP contribution in [0.3, 0.4) is 0 Å². The minimum absolute atomic E-state index is 0.216. The molecule has 0 unspecified atom stereocenters. The van der Waals surface area contributed by atoms with E-state index in [0.717, 1.165) is 10.2 Å². The Labute approximate surface area is 113 Å². The lowest BCUT2D eigenvalue weighted by molar-refractivity contribution is -0.144. The quantitative estimate of drug-likeness (QED) is 0.653. The lowest BCUT2D eigenvalue weighted by Gasteiger charge is -2.04. The monoisotopic (exact) mass is 272 g/mol. The predicted octanol–water partition coefficient (Wildman–Crippen LogP) is 0.607. The first kappa shape index (κ1) is 12.3. The minimum atomic E-state index is -0.498. The molecule has 3 aromatic rings. The van der Waals surface area contributed by atoms with Gasteiger partial charge in [-0.15, -0.1) is 0 Å². The standard InChI is InChI=1S/C13H12N4O3/c1-2-20-11(18)7-17-13(19)12-15-9-5-3-4-6-10(9)16(12)8-14-17/h3-6,8H,2,7H2,1H3. The number of rotatable bonds is 3. The van der Waals surface area contributed by atoms with E-state index in [2.05, 4.69) is 10.1 Å². The van der Waals surface area contributed by atoms with E-state index in [-0.39, 0.29) is 18.8 Å². The van der Waals surface area contributed by atoms with Crippen LogP contribution in [-0.4, -0.2) is 31.7 Å². The summed E-state index contributed by atoms with van der Waals surface area (Å²) in [6.07, 6.45) is 1.48. The van der Waals surface area contributed by atoms with Crippen LogP contribution >= 0.6 is 0 Å². The van der Waals surface area contributed by atoms with Crippen LogP contribution in [-0.2, 0) is 16.1 Å². The lowest BCUT2D eigenvalue weighted by atomic mass is 10.3. The highest BCUT2D eigenvalue weighted by atomic mass is 16.5. The normalized spacial score (nSPS) is 11.1. The smallest absolute Gasteiger partial charge is 0.327 e. The van der Waals surface area contributed by atoms with Gasteiger partial charge in [0.15, 0.2) is 0 Å². The Balaban J connectivity index is 2.13. The van der Waals surface area contributed by atoms with Crippen molar-refractivity contribution in [2.24, 2.45) is 0 Å². The van der Waals surface area contributed by atoms with Crippen molar-refractivity contribution in [2.45, 2.75) is 13.5 Å². The van der Waals surface area contributed by atoms with E-state index in [4.69, 9.17) is 4.74 Å². The molecule has 0 radical (unpaired) electrons. The average Bonchev–Trinajstić information content (AvgIpc) is 2.82. The number of nitrogens with zero attached hydrogens (tertiary/aromatic N) is 4. The summed E-state index contributed by atoms with van der Waals surface area (Å²) in [4.78, 5) is 27.9. The largest absolute Gasteiger partial charge is 0.465 e. The second kappa shape index (κ2) is 4.76. The minimum Gasteiger partial charge on any atom is -0.465 e. The van der Waals surface area contributed by atoms with Crippen LogP contribution < -0.4 is 5.56 Å². The van der Waals surface area contributed by atoms with Crippen LogP contribution in [0.1, 0.15) is 6.92 Å². The zero-order chi connectivity index (χ0) is 14.1. The zero-order valence-electron chi connectivity index (χ0n) is 10.8. The molecule has 0 saturated heterocycles. The van der Waals surface area contributed by atoms with Crippen LogP contribution in [0.2, 0.25) is 0 Å². The summed E-state index contributed by atoms with van der Waals surface area (Å²) >= 11 is 0. The Morgan fingerprint density at radius 1 is 1.35 bits per heavy atom. The second-order valence-electron chi connectivity index (χ2n) is 4.19. The summed E-state index contributed by atoms with van der Waals surface area (Å²) in [5.74, 6) is -0.498. The first-order valence-electron chi connectivity index (χ1n) is 6.19. The molecule has 1 aromatic carbocycles.